The van der Waals surface area contributed by atoms with E-state index in [1.807, 2.05) is 6.92 Å². The average molecular weight is 270 g/mol. The van der Waals surface area contributed by atoms with Crippen molar-refractivity contribution in [1.82, 2.24) is 10.2 Å². The Morgan fingerprint density at radius 3 is 2.58 bits per heavy atom. The van der Waals surface area contributed by atoms with Crippen molar-refractivity contribution in [3.8, 4) is 0 Å². The first-order chi connectivity index (χ1) is 8.90. The smallest absolute Gasteiger partial charge is 0.323 e. The van der Waals surface area contributed by atoms with Crippen LogP contribution in [0.4, 0.5) is 0 Å². The Morgan fingerprint density at radius 2 is 2.05 bits per heavy atom. The molecular weight excluding hydrogens is 240 g/mol. The van der Waals surface area contributed by atoms with Crippen LogP contribution in [0.2, 0.25) is 0 Å². The highest BCUT2D eigenvalue weighted by Crippen LogP contribution is 2.27. The van der Waals surface area contributed by atoms with Gasteiger partial charge in [0.2, 0.25) is 0 Å². The molecule has 0 bridgehead atoms. The summed E-state index contributed by atoms with van der Waals surface area (Å²) in [6.07, 6.45) is 5.86. The van der Waals surface area contributed by atoms with Gasteiger partial charge in [0.25, 0.3) is 0 Å². The summed E-state index contributed by atoms with van der Waals surface area (Å²) in [6.45, 7) is 7.59. The summed E-state index contributed by atoms with van der Waals surface area (Å²) >= 11 is 0. The molecule has 3 unspecified atom stereocenters. The maximum Gasteiger partial charge on any atom is 0.323 e. The van der Waals surface area contributed by atoms with Crippen molar-refractivity contribution < 1.29 is 9.90 Å². The Kier molecular flexibility index (Phi) is 6.27. The van der Waals surface area contributed by atoms with Gasteiger partial charge in [0.15, 0.2) is 0 Å². The van der Waals surface area contributed by atoms with Crippen molar-refractivity contribution in [2.45, 2.75) is 64.5 Å². The first kappa shape index (κ1) is 16.4. The van der Waals surface area contributed by atoms with Crippen LogP contribution in [0.1, 0.15) is 52.9 Å². The van der Waals surface area contributed by atoms with Crippen LogP contribution in [0.15, 0.2) is 0 Å². The van der Waals surface area contributed by atoms with Crippen molar-refractivity contribution in [2.24, 2.45) is 5.92 Å². The molecule has 0 aromatic rings. The SMILES string of the molecule is CCNC(C)(CCN(C)C1CCCCC1C)C(=O)O. The number of rotatable bonds is 7. The quantitative estimate of drug-likeness (QED) is 0.745. The summed E-state index contributed by atoms with van der Waals surface area (Å²) in [5.41, 5.74) is -0.805. The summed E-state index contributed by atoms with van der Waals surface area (Å²) in [5, 5.41) is 12.5. The van der Waals surface area contributed by atoms with Crippen molar-refractivity contribution in [3.63, 3.8) is 0 Å². The number of carbonyl (C=O) groups is 1. The number of likely N-dealkylation sites (N-methyl/N-ethyl adjacent to an activating group) is 1. The molecule has 1 aliphatic carbocycles. The van der Waals surface area contributed by atoms with E-state index in [0.717, 1.165) is 12.5 Å². The van der Waals surface area contributed by atoms with E-state index >= 15 is 0 Å². The molecule has 4 heteroatoms. The largest absolute Gasteiger partial charge is 0.480 e. The van der Waals surface area contributed by atoms with Crippen LogP contribution in [0, 0.1) is 5.92 Å². The molecule has 2 N–H and O–H groups in total. The minimum absolute atomic E-state index is 0.619. The Bertz CT molecular complexity index is 296. The number of carboxylic acids is 1. The number of hydrogen-bond acceptors (Lipinski definition) is 3. The number of nitrogens with zero attached hydrogens (tertiary/aromatic N) is 1. The number of aliphatic carboxylic acids is 1. The molecule has 0 amide bonds. The first-order valence-electron chi connectivity index (χ1n) is 7.59. The molecule has 4 nitrogen and oxygen atoms in total. The molecule has 0 saturated heterocycles. The Balaban J connectivity index is 2.51. The molecule has 0 aromatic carbocycles. The highest BCUT2D eigenvalue weighted by atomic mass is 16.4. The van der Waals surface area contributed by atoms with Gasteiger partial charge in [-0.05, 0) is 45.7 Å². The summed E-state index contributed by atoms with van der Waals surface area (Å²) in [7, 11) is 2.14. The van der Waals surface area contributed by atoms with Crippen molar-refractivity contribution in [2.75, 3.05) is 20.1 Å². The molecule has 0 radical (unpaired) electrons. The number of carboxylic acid groups (broad SMARTS) is 1. The summed E-state index contributed by atoms with van der Waals surface area (Å²) in [5.74, 6) is -0.0200. The molecule has 0 spiro atoms. The van der Waals surface area contributed by atoms with Gasteiger partial charge in [0.1, 0.15) is 5.54 Å². The third-order valence-corrected chi connectivity index (χ3v) is 4.64. The van der Waals surface area contributed by atoms with Gasteiger partial charge in [-0.1, -0.05) is 26.7 Å². The van der Waals surface area contributed by atoms with E-state index in [2.05, 4.69) is 24.2 Å². The van der Waals surface area contributed by atoms with Crippen LogP contribution in [-0.2, 0) is 4.79 Å². The topological polar surface area (TPSA) is 52.6 Å². The zero-order chi connectivity index (χ0) is 14.5. The maximum atomic E-state index is 11.4. The molecular formula is C15H30N2O2. The molecule has 1 rings (SSSR count). The van der Waals surface area contributed by atoms with E-state index in [0.29, 0.717) is 19.0 Å². The molecule has 3 atom stereocenters. The lowest BCUT2D eigenvalue weighted by molar-refractivity contribution is -0.144. The second-order valence-electron chi connectivity index (χ2n) is 6.23. The lowest BCUT2D eigenvalue weighted by atomic mass is 9.84. The predicted molar refractivity (Wildman–Crippen MR) is 78.4 cm³/mol. The van der Waals surface area contributed by atoms with Crippen LogP contribution >= 0.6 is 0 Å². The van der Waals surface area contributed by atoms with Gasteiger partial charge >= 0.3 is 5.97 Å². The molecule has 1 saturated carbocycles. The van der Waals surface area contributed by atoms with Crippen molar-refractivity contribution >= 4 is 5.97 Å². The van der Waals surface area contributed by atoms with Gasteiger partial charge < -0.3 is 15.3 Å². The van der Waals surface area contributed by atoms with Gasteiger partial charge in [-0.15, -0.1) is 0 Å². The van der Waals surface area contributed by atoms with Crippen LogP contribution in [0.3, 0.4) is 0 Å². The molecule has 19 heavy (non-hydrogen) atoms. The normalized spacial score (nSPS) is 27.2. The van der Waals surface area contributed by atoms with Gasteiger partial charge in [-0.2, -0.15) is 0 Å². The molecule has 1 fully saturated rings. The summed E-state index contributed by atoms with van der Waals surface area (Å²) in [4.78, 5) is 13.7. The van der Waals surface area contributed by atoms with E-state index in [9.17, 15) is 9.90 Å². The minimum Gasteiger partial charge on any atom is -0.480 e. The fraction of sp³-hybridized carbons (Fsp3) is 0.933. The molecule has 112 valence electrons. The fourth-order valence-electron chi connectivity index (χ4n) is 3.18. The Hall–Kier alpha value is -0.610. The molecule has 1 aliphatic rings. The molecule has 0 aliphatic heterocycles. The fourth-order valence-corrected chi connectivity index (χ4v) is 3.18. The third kappa shape index (κ3) is 4.46. The van der Waals surface area contributed by atoms with Crippen molar-refractivity contribution in [1.29, 1.82) is 0 Å². The lowest BCUT2D eigenvalue weighted by Crippen LogP contribution is -2.52. The van der Waals surface area contributed by atoms with E-state index in [1.54, 1.807) is 6.92 Å². The van der Waals surface area contributed by atoms with Crippen LogP contribution in [0.5, 0.6) is 0 Å². The third-order valence-electron chi connectivity index (χ3n) is 4.64. The average Bonchev–Trinajstić information content (AvgIpc) is 2.36. The zero-order valence-electron chi connectivity index (χ0n) is 12.9. The first-order valence-corrected chi connectivity index (χ1v) is 7.59. The summed E-state index contributed by atoms with van der Waals surface area (Å²) in [6, 6.07) is 0.619. The van der Waals surface area contributed by atoms with Crippen LogP contribution in [-0.4, -0.2) is 47.7 Å². The molecule has 0 heterocycles. The lowest BCUT2D eigenvalue weighted by Gasteiger charge is -2.38. The van der Waals surface area contributed by atoms with Gasteiger partial charge in [0, 0.05) is 12.6 Å². The summed E-state index contributed by atoms with van der Waals surface area (Å²) < 4.78 is 0. The van der Waals surface area contributed by atoms with E-state index in [4.69, 9.17) is 0 Å². The monoisotopic (exact) mass is 270 g/mol. The van der Waals surface area contributed by atoms with Gasteiger partial charge in [0.05, 0.1) is 0 Å². The second kappa shape index (κ2) is 7.25. The highest BCUT2D eigenvalue weighted by molar-refractivity contribution is 5.78. The van der Waals surface area contributed by atoms with E-state index in [1.165, 1.54) is 25.7 Å². The van der Waals surface area contributed by atoms with Crippen LogP contribution < -0.4 is 5.32 Å². The Labute approximate surface area is 117 Å². The van der Waals surface area contributed by atoms with Crippen molar-refractivity contribution in [3.05, 3.63) is 0 Å². The number of hydrogen-bond donors (Lipinski definition) is 2. The Morgan fingerprint density at radius 1 is 1.42 bits per heavy atom. The van der Waals surface area contributed by atoms with Gasteiger partial charge in [-0.3, -0.25) is 4.79 Å². The predicted octanol–water partition coefficient (Wildman–Crippen LogP) is 2.34. The molecule has 0 aromatic heterocycles. The minimum atomic E-state index is -0.805. The number of nitrogens with one attached hydrogen (secondary N) is 1. The van der Waals surface area contributed by atoms with Crippen LogP contribution in [0.25, 0.3) is 0 Å². The maximum absolute atomic E-state index is 11.4. The van der Waals surface area contributed by atoms with E-state index in [-0.39, 0.29) is 0 Å². The second-order valence-corrected chi connectivity index (χ2v) is 6.23. The standard InChI is InChI=1S/C15H30N2O2/c1-5-16-15(3,14(18)19)10-11-17(4)13-9-7-6-8-12(13)2/h12-13,16H,5-11H2,1-4H3,(H,18,19). The zero-order valence-corrected chi connectivity index (χ0v) is 12.9. The van der Waals surface area contributed by atoms with Gasteiger partial charge in [-0.25, -0.2) is 0 Å². The highest BCUT2D eigenvalue weighted by Gasteiger charge is 2.33. The van der Waals surface area contributed by atoms with E-state index < -0.39 is 11.5 Å².